The van der Waals surface area contributed by atoms with E-state index in [1.165, 1.54) is 12.3 Å². The van der Waals surface area contributed by atoms with Crippen LogP contribution < -0.4 is 0 Å². The summed E-state index contributed by atoms with van der Waals surface area (Å²) < 4.78 is 0. The molecule has 1 atom stereocenters. The van der Waals surface area contributed by atoms with Gasteiger partial charge in [-0.3, -0.25) is 14.5 Å². The number of H-pyrrole nitrogens is 1. The first-order valence-electron chi connectivity index (χ1n) is 8.01. The molecule has 2 heterocycles. The number of aliphatic carboxylic acids is 1. The summed E-state index contributed by atoms with van der Waals surface area (Å²) in [4.78, 5) is 41.1. The van der Waals surface area contributed by atoms with Crippen molar-refractivity contribution in [2.24, 2.45) is 0 Å². The summed E-state index contributed by atoms with van der Waals surface area (Å²) >= 11 is 0. The number of rotatable bonds is 4. The van der Waals surface area contributed by atoms with Gasteiger partial charge in [0.1, 0.15) is 0 Å². The Morgan fingerprint density at radius 1 is 1.00 bits per heavy atom. The normalized spacial score (nSPS) is 15.4. The predicted octanol–water partition coefficient (Wildman–Crippen LogP) is 2.75. The zero-order chi connectivity index (χ0) is 18.3. The molecule has 2 N–H and O–H groups in total. The molecule has 6 heteroatoms. The molecule has 1 aliphatic rings. The van der Waals surface area contributed by atoms with Crippen LogP contribution in [0, 0.1) is 0 Å². The van der Waals surface area contributed by atoms with Crippen molar-refractivity contribution in [3.63, 3.8) is 0 Å². The maximum atomic E-state index is 12.9. The standard InChI is InChI=1S/C20H14N2O4/c23-17-10-14(12-6-2-1-3-7-12)19(24)22(17)18(20(25)26)15-11-21-16-9-5-4-8-13(15)16/h1-11,18,21H,(H,25,26)/t18-/m0/s1. The van der Waals surface area contributed by atoms with Gasteiger partial charge >= 0.3 is 5.97 Å². The van der Waals surface area contributed by atoms with Crippen LogP contribution in [-0.4, -0.2) is 32.8 Å². The average Bonchev–Trinajstić information content (AvgIpc) is 3.19. The van der Waals surface area contributed by atoms with E-state index in [0.29, 0.717) is 16.5 Å². The Bertz CT molecular complexity index is 1070. The maximum Gasteiger partial charge on any atom is 0.331 e. The van der Waals surface area contributed by atoms with Crippen molar-refractivity contribution in [1.82, 2.24) is 9.88 Å². The molecule has 0 bridgehead atoms. The first-order valence-corrected chi connectivity index (χ1v) is 8.01. The van der Waals surface area contributed by atoms with E-state index in [-0.39, 0.29) is 5.57 Å². The predicted molar refractivity (Wildman–Crippen MR) is 94.9 cm³/mol. The summed E-state index contributed by atoms with van der Waals surface area (Å²) in [5.41, 5.74) is 1.89. The lowest BCUT2D eigenvalue weighted by Crippen LogP contribution is -2.39. The molecule has 4 rings (SSSR count). The van der Waals surface area contributed by atoms with Crippen molar-refractivity contribution in [3.8, 4) is 0 Å². The Morgan fingerprint density at radius 3 is 2.42 bits per heavy atom. The Morgan fingerprint density at radius 2 is 1.69 bits per heavy atom. The van der Waals surface area contributed by atoms with Gasteiger partial charge in [0.15, 0.2) is 6.04 Å². The van der Waals surface area contributed by atoms with Gasteiger partial charge in [-0.15, -0.1) is 0 Å². The van der Waals surface area contributed by atoms with Crippen molar-refractivity contribution in [1.29, 1.82) is 0 Å². The molecule has 6 nitrogen and oxygen atoms in total. The van der Waals surface area contributed by atoms with E-state index in [1.54, 1.807) is 48.5 Å². The third kappa shape index (κ3) is 2.39. The first kappa shape index (κ1) is 15.8. The number of aromatic nitrogens is 1. The Balaban J connectivity index is 1.78. The third-order valence-corrected chi connectivity index (χ3v) is 4.45. The number of aromatic amines is 1. The second kappa shape index (κ2) is 6.00. The number of carbonyl (C=O) groups is 3. The van der Waals surface area contributed by atoms with Crippen LogP contribution in [0.1, 0.15) is 17.2 Å². The number of nitrogens with zero attached hydrogens (tertiary/aromatic N) is 1. The number of benzene rings is 2. The van der Waals surface area contributed by atoms with Crippen LogP contribution in [0.4, 0.5) is 0 Å². The number of fused-ring (bicyclic) bond motifs is 1. The molecule has 2 aromatic carbocycles. The van der Waals surface area contributed by atoms with Gasteiger partial charge in [0, 0.05) is 28.7 Å². The highest BCUT2D eigenvalue weighted by Crippen LogP contribution is 2.34. The minimum atomic E-state index is -1.40. The molecule has 128 valence electrons. The summed E-state index contributed by atoms with van der Waals surface area (Å²) in [6.07, 6.45) is 2.73. The number of para-hydroxylation sites is 1. The molecule has 1 aliphatic heterocycles. The molecule has 26 heavy (non-hydrogen) atoms. The van der Waals surface area contributed by atoms with Crippen LogP contribution in [0.5, 0.6) is 0 Å². The van der Waals surface area contributed by atoms with Crippen LogP contribution in [0.25, 0.3) is 16.5 Å². The zero-order valence-electron chi connectivity index (χ0n) is 13.5. The lowest BCUT2D eigenvalue weighted by atomic mass is 10.0. The van der Waals surface area contributed by atoms with Crippen LogP contribution in [0.15, 0.2) is 66.9 Å². The molecule has 3 aromatic rings. The van der Waals surface area contributed by atoms with Crippen LogP contribution in [-0.2, 0) is 14.4 Å². The summed E-state index contributed by atoms with van der Waals surface area (Å²) in [7, 11) is 0. The number of carboxylic acids is 1. The van der Waals surface area contributed by atoms with Crippen LogP contribution >= 0.6 is 0 Å². The Labute approximate surface area is 148 Å². The van der Waals surface area contributed by atoms with Gasteiger partial charge < -0.3 is 10.1 Å². The lowest BCUT2D eigenvalue weighted by molar-refractivity contribution is -0.153. The van der Waals surface area contributed by atoms with E-state index in [9.17, 15) is 19.5 Å². The van der Waals surface area contributed by atoms with E-state index >= 15 is 0 Å². The van der Waals surface area contributed by atoms with Gasteiger partial charge in [-0.05, 0) is 11.6 Å². The topological polar surface area (TPSA) is 90.5 Å². The third-order valence-electron chi connectivity index (χ3n) is 4.45. The quantitative estimate of drug-likeness (QED) is 0.711. The van der Waals surface area contributed by atoms with Crippen molar-refractivity contribution in [3.05, 3.63) is 78.0 Å². The van der Waals surface area contributed by atoms with E-state index in [4.69, 9.17) is 0 Å². The van der Waals surface area contributed by atoms with E-state index in [2.05, 4.69) is 4.98 Å². The molecule has 0 saturated heterocycles. The Kier molecular flexibility index (Phi) is 3.65. The fourth-order valence-corrected chi connectivity index (χ4v) is 3.26. The van der Waals surface area contributed by atoms with Gasteiger partial charge in [-0.2, -0.15) is 0 Å². The summed E-state index contributed by atoms with van der Waals surface area (Å²) in [6, 6.07) is 14.5. The number of carbonyl (C=O) groups excluding carboxylic acids is 2. The highest BCUT2D eigenvalue weighted by atomic mass is 16.4. The minimum absolute atomic E-state index is 0.196. The smallest absolute Gasteiger partial charge is 0.331 e. The molecule has 0 saturated carbocycles. The van der Waals surface area contributed by atoms with Gasteiger partial charge in [-0.25, -0.2) is 4.79 Å². The number of carboxylic acid groups (broad SMARTS) is 1. The summed E-state index contributed by atoms with van der Waals surface area (Å²) in [6.45, 7) is 0. The largest absolute Gasteiger partial charge is 0.479 e. The number of hydrogen-bond donors (Lipinski definition) is 2. The second-order valence-corrected chi connectivity index (χ2v) is 5.97. The van der Waals surface area contributed by atoms with Crippen LogP contribution in [0.2, 0.25) is 0 Å². The molecule has 2 amide bonds. The zero-order valence-corrected chi connectivity index (χ0v) is 13.5. The van der Waals surface area contributed by atoms with Crippen LogP contribution in [0.3, 0.4) is 0 Å². The molecule has 0 aliphatic carbocycles. The van der Waals surface area contributed by atoms with Gasteiger partial charge in [0.05, 0.1) is 5.57 Å². The summed E-state index contributed by atoms with van der Waals surface area (Å²) in [5.74, 6) is -2.51. The lowest BCUT2D eigenvalue weighted by Gasteiger charge is -2.23. The molecule has 0 spiro atoms. The fourth-order valence-electron chi connectivity index (χ4n) is 3.26. The average molecular weight is 346 g/mol. The van der Waals surface area contributed by atoms with Crippen molar-refractivity contribution < 1.29 is 19.5 Å². The SMILES string of the molecule is O=C(O)[C@H](c1c[nH]c2ccccc12)N1C(=O)C=C(c2ccccc2)C1=O. The maximum absolute atomic E-state index is 12.9. The monoisotopic (exact) mass is 346 g/mol. The molecule has 0 unspecified atom stereocenters. The number of nitrogens with one attached hydrogen (secondary N) is 1. The summed E-state index contributed by atoms with van der Waals surface area (Å²) in [5, 5.41) is 10.4. The van der Waals surface area contributed by atoms with E-state index in [0.717, 1.165) is 10.4 Å². The van der Waals surface area contributed by atoms with Gasteiger partial charge in [0.2, 0.25) is 0 Å². The highest BCUT2D eigenvalue weighted by molar-refractivity contribution is 6.34. The highest BCUT2D eigenvalue weighted by Gasteiger charge is 2.42. The number of amides is 2. The Hall–Kier alpha value is -3.67. The van der Waals surface area contributed by atoms with Crippen molar-refractivity contribution in [2.75, 3.05) is 0 Å². The molecular formula is C20H14N2O4. The minimum Gasteiger partial charge on any atom is -0.479 e. The number of hydrogen-bond acceptors (Lipinski definition) is 3. The first-order chi connectivity index (χ1) is 12.6. The van der Waals surface area contributed by atoms with Crippen molar-refractivity contribution >= 4 is 34.3 Å². The van der Waals surface area contributed by atoms with E-state index < -0.39 is 23.8 Å². The molecule has 0 radical (unpaired) electrons. The van der Waals surface area contributed by atoms with E-state index in [1.807, 2.05) is 6.07 Å². The molecule has 1 aromatic heterocycles. The van der Waals surface area contributed by atoms with Gasteiger partial charge in [-0.1, -0.05) is 48.5 Å². The molecule has 0 fully saturated rings. The van der Waals surface area contributed by atoms with Gasteiger partial charge in [0.25, 0.3) is 11.8 Å². The number of imide groups is 1. The second-order valence-electron chi connectivity index (χ2n) is 5.97. The fraction of sp³-hybridized carbons (Fsp3) is 0.0500. The van der Waals surface area contributed by atoms with Crippen molar-refractivity contribution in [2.45, 2.75) is 6.04 Å². The molecular weight excluding hydrogens is 332 g/mol.